The minimum absolute atomic E-state index is 0.0315. The van der Waals surface area contributed by atoms with E-state index in [0.29, 0.717) is 26.2 Å². The zero-order valence-corrected chi connectivity index (χ0v) is 12.0. The molecule has 0 radical (unpaired) electrons. The Balaban J connectivity index is 1.81. The molecule has 5 heteroatoms. The highest BCUT2D eigenvalue weighted by Crippen LogP contribution is 2.05. The molecule has 0 spiro atoms. The second-order valence-electron chi connectivity index (χ2n) is 5.05. The van der Waals surface area contributed by atoms with E-state index in [0.717, 1.165) is 5.56 Å². The fourth-order valence-corrected chi connectivity index (χ4v) is 2.34. The van der Waals surface area contributed by atoms with Gasteiger partial charge in [0.25, 0.3) is 0 Å². The Morgan fingerprint density at radius 1 is 1.43 bits per heavy atom. The molecule has 5 nitrogen and oxygen atoms in total. The fraction of sp³-hybridized carbons (Fsp3) is 0.375. The van der Waals surface area contributed by atoms with Gasteiger partial charge in [-0.1, -0.05) is 36.4 Å². The van der Waals surface area contributed by atoms with E-state index >= 15 is 0 Å². The average Bonchev–Trinajstić information content (AvgIpc) is 2.50. The summed E-state index contributed by atoms with van der Waals surface area (Å²) in [6.45, 7) is 6.02. The second-order valence-corrected chi connectivity index (χ2v) is 5.05. The van der Waals surface area contributed by atoms with Crippen LogP contribution in [0, 0.1) is 0 Å². The Hall–Kier alpha value is -2.14. The summed E-state index contributed by atoms with van der Waals surface area (Å²) in [6, 6.07) is 9.27. The van der Waals surface area contributed by atoms with Crippen molar-refractivity contribution in [3.8, 4) is 0 Å². The van der Waals surface area contributed by atoms with Crippen LogP contribution in [-0.2, 0) is 16.1 Å². The van der Waals surface area contributed by atoms with E-state index in [1.165, 1.54) is 0 Å². The highest BCUT2D eigenvalue weighted by Gasteiger charge is 2.29. The first-order valence-electron chi connectivity index (χ1n) is 7.14. The number of nitrogens with one attached hydrogen (secondary N) is 2. The number of carbonyl (C=O) groups is 2. The lowest BCUT2D eigenvalue weighted by Crippen LogP contribution is -2.56. The molecule has 1 aromatic carbocycles. The minimum atomic E-state index is -0.436. The third-order valence-corrected chi connectivity index (χ3v) is 3.45. The molecule has 0 bridgehead atoms. The molecule has 21 heavy (non-hydrogen) atoms. The summed E-state index contributed by atoms with van der Waals surface area (Å²) in [6.07, 6.45) is 1.87. The van der Waals surface area contributed by atoms with Gasteiger partial charge in [0.2, 0.25) is 11.8 Å². The fourth-order valence-electron chi connectivity index (χ4n) is 2.34. The largest absolute Gasteiger partial charge is 0.352 e. The Bertz CT molecular complexity index is 502. The number of amides is 2. The van der Waals surface area contributed by atoms with Crippen LogP contribution in [0.15, 0.2) is 43.0 Å². The molecule has 1 aliphatic rings. The minimum Gasteiger partial charge on any atom is -0.352 e. The van der Waals surface area contributed by atoms with E-state index in [1.807, 2.05) is 30.3 Å². The summed E-state index contributed by atoms with van der Waals surface area (Å²) in [7, 11) is 0. The van der Waals surface area contributed by atoms with Crippen molar-refractivity contribution < 1.29 is 9.59 Å². The van der Waals surface area contributed by atoms with Crippen LogP contribution in [-0.4, -0.2) is 42.4 Å². The van der Waals surface area contributed by atoms with Gasteiger partial charge in [0.05, 0.1) is 12.5 Å². The van der Waals surface area contributed by atoms with Gasteiger partial charge in [0.1, 0.15) is 0 Å². The maximum atomic E-state index is 12.2. The molecule has 112 valence electrons. The van der Waals surface area contributed by atoms with E-state index in [1.54, 1.807) is 11.0 Å². The molecule has 0 aliphatic carbocycles. The van der Waals surface area contributed by atoms with Crippen molar-refractivity contribution >= 4 is 11.8 Å². The lowest BCUT2D eigenvalue weighted by Gasteiger charge is -2.32. The van der Waals surface area contributed by atoms with Gasteiger partial charge in [-0.2, -0.15) is 0 Å². The van der Waals surface area contributed by atoms with Gasteiger partial charge >= 0.3 is 0 Å². The smallest absolute Gasteiger partial charge is 0.240 e. The van der Waals surface area contributed by atoms with Crippen LogP contribution >= 0.6 is 0 Å². The van der Waals surface area contributed by atoms with Crippen LogP contribution in [0.2, 0.25) is 0 Å². The Morgan fingerprint density at radius 3 is 2.90 bits per heavy atom. The quantitative estimate of drug-likeness (QED) is 0.756. The molecule has 2 N–H and O–H groups in total. The average molecular weight is 287 g/mol. The summed E-state index contributed by atoms with van der Waals surface area (Å²) < 4.78 is 0. The number of piperazine rings is 1. The van der Waals surface area contributed by atoms with Crippen molar-refractivity contribution in [1.82, 2.24) is 15.5 Å². The molecule has 0 aromatic heterocycles. The highest BCUT2D eigenvalue weighted by atomic mass is 16.2. The molecular weight excluding hydrogens is 266 g/mol. The van der Waals surface area contributed by atoms with Gasteiger partial charge < -0.3 is 15.5 Å². The molecule has 1 saturated heterocycles. The number of carbonyl (C=O) groups excluding carboxylic acids is 2. The molecule has 2 amide bonds. The molecule has 1 heterocycles. The van der Waals surface area contributed by atoms with Crippen molar-refractivity contribution in [3.05, 3.63) is 48.6 Å². The standard InChI is InChI=1S/C16H21N3O2/c1-2-9-19-10-8-17-14(16(19)21)11-15(20)18-12-13-6-4-3-5-7-13/h2-7,14,17H,1,8-12H2,(H,18,20). The first-order chi connectivity index (χ1) is 10.2. The predicted molar refractivity (Wildman–Crippen MR) is 81.5 cm³/mol. The number of benzene rings is 1. The summed E-state index contributed by atoms with van der Waals surface area (Å²) in [5, 5.41) is 5.94. The van der Waals surface area contributed by atoms with Gasteiger partial charge in [-0.05, 0) is 5.56 Å². The van der Waals surface area contributed by atoms with Gasteiger partial charge in [-0.15, -0.1) is 6.58 Å². The zero-order chi connectivity index (χ0) is 15.1. The topological polar surface area (TPSA) is 61.4 Å². The summed E-state index contributed by atoms with van der Waals surface area (Å²) in [5.74, 6) is -0.152. The van der Waals surface area contributed by atoms with Crippen LogP contribution in [0.25, 0.3) is 0 Å². The molecule has 1 aliphatic heterocycles. The van der Waals surface area contributed by atoms with Gasteiger partial charge in [-0.25, -0.2) is 0 Å². The van der Waals surface area contributed by atoms with Crippen LogP contribution in [0.1, 0.15) is 12.0 Å². The monoisotopic (exact) mass is 287 g/mol. The maximum Gasteiger partial charge on any atom is 0.240 e. The van der Waals surface area contributed by atoms with Crippen LogP contribution in [0.4, 0.5) is 0 Å². The molecule has 1 atom stereocenters. The molecule has 1 unspecified atom stereocenters. The maximum absolute atomic E-state index is 12.2. The van der Waals surface area contributed by atoms with Gasteiger partial charge in [0, 0.05) is 26.2 Å². The second kappa shape index (κ2) is 7.59. The Morgan fingerprint density at radius 2 is 2.19 bits per heavy atom. The van der Waals surface area contributed by atoms with E-state index in [2.05, 4.69) is 17.2 Å². The lowest BCUT2D eigenvalue weighted by molar-refractivity contribution is -0.137. The number of nitrogens with zero attached hydrogens (tertiary/aromatic N) is 1. The normalized spacial score (nSPS) is 18.4. The first kappa shape index (κ1) is 15.3. The van der Waals surface area contributed by atoms with E-state index in [9.17, 15) is 9.59 Å². The van der Waals surface area contributed by atoms with Crippen molar-refractivity contribution in [2.45, 2.75) is 19.0 Å². The Labute approximate surface area is 125 Å². The van der Waals surface area contributed by atoms with Gasteiger partial charge in [0.15, 0.2) is 0 Å². The highest BCUT2D eigenvalue weighted by molar-refractivity contribution is 5.89. The summed E-state index contributed by atoms with van der Waals surface area (Å²) in [5.41, 5.74) is 1.04. The van der Waals surface area contributed by atoms with E-state index < -0.39 is 6.04 Å². The number of hydrogen-bond acceptors (Lipinski definition) is 3. The van der Waals surface area contributed by atoms with E-state index in [4.69, 9.17) is 0 Å². The van der Waals surface area contributed by atoms with Crippen molar-refractivity contribution in [3.63, 3.8) is 0 Å². The van der Waals surface area contributed by atoms with Crippen LogP contribution in [0.5, 0.6) is 0 Å². The first-order valence-corrected chi connectivity index (χ1v) is 7.14. The van der Waals surface area contributed by atoms with Crippen molar-refractivity contribution in [1.29, 1.82) is 0 Å². The van der Waals surface area contributed by atoms with Crippen molar-refractivity contribution in [2.24, 2.45) is 0 Å². The summed E-state index contributed by atoms with van der Waals surface area (Å²) >= 11 is 0. The molecular formula is C16H21N3O2. The molecule has 2 rings (SSSR count). The van der Waals surface area contributed by atoms with Gasteiger partial charge in [-0.3, -0.25) is 9.59 Å². The van der Waals surface area contributed by atoms with Crippen LogP contribution < -0.4 is 10.6 Å². The molecule has 1 aromatic rings. The number of hydrogen-bond donors (Lipinski definition) is 2. The predicted octanol–water partition coefficient (Wildman–Crippen LogP) is 0.679. The molecule has 1 fully saturated rings. The molecule has 0 saturated carbocycles. The summed E-state index contributed by atoms with van der Waals surface area (Å²) in [4.78, 5) is 25.8. The number of rotatable bonds is 6. The lowest BCUT2D eigenvalue weighted by atomic mass is 10.1. The zero-order valence-electron chi connectivity index (χ0n) is 12.0. The third kappa shape index (κ3) is 4.43. The SMILES string of the molecule is C=CCN1CCNC(CC(=O)NCc2ccccc2)C1=O. The Kier molecular flexibility index (Phi) is 5.51. The third-order valence-electron chi connectivity index (χ3n) is 3.45. The van der Waals surface area contributed by atoms with Crippen LogP contribution in [0.3, 0.4) is 0 Å². The van der Waals surface area contributed by atoms with Crippen molar-refractivity contribution in [2.75, 3.05) is 19.6 Å². The van der Waals surface area contributed by atoms with E-state index in [-0.39, 0.29) is 18.2 Å².